The number of aryl methyl sites for hydroxylation is 2. The molecule has 1 atom stereocenters. The molecule has 0 spiro atoms. The Kier molecular flexibility index (Phi) is 3.66. The molecule has 0 aliphatic carbocycles. The zero-order chi connectivity index (χ0) is 12.6. The van der Waals surface area contributed by atoms with E-state index in [-0.39, 0.29) is 5.82 Å². The molecule has 0 radical (unpaired) electrons. The number of rotatable bonds is 2. The highest BCUT2D eigenvalue weighted by atomic mass is 79.9. The molecule has 1 aromatic heterocycles. The van der Waals surface area contributed by atoms with Crippen LogP contribution in [0.2, 0.25) is 0 Å². The van der Waals surface area contributed by atoms with Crippen LogP contribution in [0, 0.1) is 19.7 Å². The van der Waals surface area contributed by atoms with Gasteiger partial charge in [-0.1, -0.05) is 15.9 Å². The lowest BCUT2D eigenvalue weighted by molar-refractivity contribution is 0.214. The zero-order valence-electron chi connectivity index (χ0n) is 9.50. The van der Waals surface area contributed by atoms with Crippen LogP contribution in [0.15, 0.2) is 28.7 Å². The van der Waals surface area contributed by atoms with E-state index in [1.807, 2.05) is 19.9 Å². The summed E-state index contributed by atoms with van der Waals surface area (Å²) in [5, 5.41) is 10.2. The molecule has 0 fully saturated rings. The van der Waals surface area contributed by atoms with Gasteiger partial charge in [0, 0.05) is 19.8 Å². The van der Waals surface area contributed by atoms with Crippen molar-refractivity contribution in [3.8, 4) is 0 Å². The van der Waals surface area contributed by atoms with Crippen molar-refractivity contribution >= 4 is 27.3 Å². The average Bonchev–Trinajstić information content (AvgIpc) is 2.60. The molecule has 1 heterocycles. The molecule has 1 nitrogen and oxygen atoms in total. The average molecular weight is 315 g/mol. The highest BCUT2D eigenvalue weighted by Gasteiger charge is 2.18. The predicted molar refractivity (Wildman–Crippen MR) is 72.0 cm³/mol. The van der Waals surface area contributed by atoms with Gasteiger partial charge in [0.15, 0.2) is 0 Å². The number of hydrogen-bond acceptors (Lipinski definition) is 2. The lowest BCUT2D eigenvalue weighted by atomic mass is 10.0. The summed E-state index contributed by atoms with van der Waals surface area (Å²) in [5.74, 6) is -0.385. The third-order valence-electron chi connectivity index (χ3n) is 2.63. The summed E-state index contributed by atoms with van der Waals surface area (Å²) < 4.78 is 14.4. The Morgan fingerprint density at radius 2 is 1.94 bits per heavy atom. The Balaban J connectivity index is 2.46. The Hall–Kier alpha value is -0.710. The summed E-state index contributed by atoms with van der Waals surface area (Å²) >= 11 is 4.89. The summed E-state index contributed by atoms with van der Waals surface area (Å²) in [6.07, 6.45) is -0.905. The van der Waals surface area contributed by atoms with Crippen LogP contribution in [0.1, 0.15) is 27.0 Å². The second-order valence-electron chi connectivity index (χ2n) is 3.94. The minimum atomic E-state index is -0.905. The van der Waals surface area contributed by atoms with Crippen LogP contribution in [0.5, 0.6) is 0 Å². The van der Waals surface area contributed by atoms with Gasteiger partial charge in [-0.15, -0.1) is 11.3 Å². The molecule has 0 aliphatic rings. The van der Waals surface area contributed by atoms with Crippen molar-refractivity contribution in [3.05, 3.63) is 55.4 Å². The first-order valence-corrected chi connectivity index (χ1v) is 6.80. The van der Waals surface area contributed by atoms with E-state index in [1.54, 1.807) is 23.5 Å². The largest absolute Gasteiger partial charge is 0.384 e. The molecule has 90 valence electrons. The third-order valence-corrected chi connectivity index (χ3v) is 4.10. The Morgan fingerprint density at radius 3 is 2.53 bits per heavy atom. The number of thiophene rings is 1. The van der Waals surface area contributed by atoms with Crippen LogP contribution < -0.4 is 0 Å². The normalized spacial score (nSPS) is 12.8. The number of benzene rings is 1. The Morgan fingerprint density at radius 1 is 1.24 bits per heavy atom. The van der Waals surface area contributed by atoms with Crippen molar-refractivity contribution < 1.29 is 9.50 Å². The van der Waals surface area contributed by atoms with Gasteiger partial charge in [0.2, 0.25) is 0 Å². The first-order valence-electron chi connectivity index (χ1n) is 5.19. The molecule has 1 unspecified atom stereocenters. The molecular formula is C13H12BrFOS. The molecular weight excluding hydrogens is 303 g/mol. The molecule has 17 heavy (non-hydrogen) atoms. The van der Waals surface area contributed by atoms with E-state index in [1.165, 1.54) is 6.07 Å². The molecule has 0 bridgehead atoms. The van der Waals surface area contributed by atoms with E-state index in [4.69, 9.17) is 0 Å². The highest BCUT2D eigenvalue weighted by molar-refractivity contribution is 9.10. The maximum atomic E-state index is 13.7. The van der Waals surface area contributed by atoms with Gasteiger partial charge >= 0.3 is 0 Å². The molecule has 1 aromatic carbocycles. The number of aliphatic hydroxyl groups excluding tert-OH is 1. The maximum Gasteiger partial charge on any atom is 0.129 e. The molecule has 0 amide bonds. The first kappa shape index (κ1) is 12.7. The first-order chi connectivity index (χ1) is 7.99. The summed E-state index contributed by atoms with van der Waals surface area (Å²) in [4.78, 5) is 2.14. The van der Waals surface area contributed by atoms with Crippen LogP contribution in [0.25, 0.3) is 0 Å². The molecule has 4 heteroatoms. The molecule has 2 aromatic rings. The van der Waals surface area contributed by atoms with Crippen molar-refractivity contribution in [1.29, 1.82) is 0 Å². The van der Waals surface area contributed by atoms with Gasteiger partial charge in [-0.2, -0.15) is 0 Å². The van der Waals surface area contributed by atoms with Gasteiger partial charge in [0.1, 0.15) is 11.9 Å². The smallest absolute Gasteiger partial charge is 0.129 e. The van der Waals surface area contributed by atoms with Crippen LogP contribution in [0.4, 0.5) is 4.39 Å². The summed E-state index contributed by atoms with van der Waals surface area (Å²) in [6, 6.07) is 6.51. The van der Waals surface area contributed by atoms with E-state index in [9.17, 15) is 9.50 Å². The van der Waals surface area contributed by atoms with E-state index >= 15 is 0 Å². The highest BCUT2D eigenvalue weighted by Crippen LogP contribution is 2.32. The number of halogens is 2. The van der Waals surface area contributed by atoms with Crippen LogP contribution >= 0.6 is 27.3 Å². The standard InChI is InChI=1S/C13H12BrFOS/c1-7-5-10(8(2)17-7)13(16)11-6-9(14)3-4-12(11)15/h3-6,13,16H,1-2H3. The molecule has 0 aliphatic heterocycles. The predicted octanol–water partition coefficient (Wildman–Crippen LogP) is 4.35. The van der Waals surface area contributed by atoms with Crippen LogP contribution in [-0.4, -0.2) is 5.11 Å². The number of aliphatic hydroxyl groups is 1. The van der Waals surface area contributed by atoms with Gasteiger partial charge in [0.25, 0.3) is 0 Å². The topological polar surface area (TPSA) is 20.2 Å². The molecule has 0 saturated heterocycles. The van der Waals surface area contributed by atoms with Gasteiger partial charge in [-0.05, 0) is 43.7 Å². The van der Waals surface area contributed by atoms with Crippen molar-refractivity contribution in [2.75, 3.05) is 0 Å². The van der Waals surface area contributed by atoms with E-state index in [2.05, 4.69) is 15.9 Å². The van der Waals surface area contributed by atoms with E-state index in [0.717, 1.165) is 19.8 Å². The molecule has 1 N–H and O–H groups in total. The lowest BCUT2D eigenvalue weighted by Crippen LogP contribution is -2.02. The third kappa shape index (κ3) is 2.59. The molecule has 0 saturated carbocycles. The summed E-state index contributed by atoms with van der Waals surface area (Å²) in [6.45, 7) is 3.91. The van der Waals surface area contributed by atoms with Crippen molar-refractivity contribution in [3.63, 3.8) is 0 Å². The summed E-state index contributed by atoms with van der Waals surface area (Å²) in [7, 11) is 0. The minimum Gasteiger partial charge on any atom is -0.384 e. The fraction of sp³-hybridized carbons (Fsp3) is 0.231. The zero-order valence-corrected chi connectivity index (χ0v) is 11.9. The van der Waals surface area contributed by atoms with Crippen LogP contribution in [-0.2, 0) is 0 Å². The molecule has 2 rings (SSSR count). The second-order valence-corrected chi connectivity index (χ2v) is 6.31. The quantitative estimate of drug-likeness (QED) is 0.873. The second kappa shape index (κ2) is 4.88. The SMILES string of the molecule is Cc1cc(C(O)c2cc(Br)ccc2F)c(C)s1. The maximum absolute atomic E-state index is 13.7. The van der Waals surface area contributed by atoms with E-state index in [0.29, 0.717) is 5.56 Å². The fourth-order valence-electron chi connectivity index (χ4n) is 1.81. The van der Waals surface area contributed by atoms with Gasteiger partial charge in [-0.3, -0.25) is 0 Å². The van der Waals surface area contributed by atoms with Gasteiger partial charge in [0.05, 0.1) is 0 Å². The van der Waals surface area contributed by atoms with E-state index < -0.39 is 6.10 Å². The van der Waals surface area contributed by atoms with Crippen LogP contribution in [0.3, 0.4) is 0 Å². The Bertz CT molecular complexity index is 550. The van der Waals surface area contributed by atoms with Crippen molar-refractivity contribution in [1.82, 2.24) is 0 Å². The van der Waals surface area contributed by atoms with Crippen molar-refractivity contribution in [2.45, 2.75) is 20.0 Å². The van der Waals surface area contributed by atoms with Gasteiger partial charge < -0.3 is 5.11 Å². The fourth-order valence-corrected chi connectivity index (χ4v) is 3.15. The number of hydrogen-bond donors (Lipinski definition) is 1. The summed E-state index contributed by atoms with van der Waals surface area (Å²) in [5.41, 5.74) is 1.09. The lowest BCUT2D eigenvalue weighted by Gasteiger charge is -2.12. The van der Waals surface area contributed by atoms with Gasteiger partial charge in [-0.25, -0.2) is 4.39 Å². The van der Waals surface area contributed by atoms with Crippen molar-refractivity contribution in [2.24, 2.45) is 0 Å². The minimum absolute atomic E-state index is 0.306. The monoisotopic (exact) mass is 314 g/mol. The Labute approximate surface area is 112 Å².